The van der Waals surface area contributed by atoms with Crippen LogP contribution in [0.15, 0.2) is 42.5 Å². The van der Waals surface area contributed by atoms with Crippen LogP contribution < -0.4 is 0 Å². The Morgan fingerprint density at radius 1 is 1.24 bits per heavy atom. The summed E-state index contributed by atoms with van der Waals surface area (Å²) in [6.45, 7) is 0. The lowest BCUT2D eigenvalue weighted by atomic mass is 10.0. The Kier molecular flexibility index (Phi) is 3.69. The summed E-state index contributed by atoms with van der Waals surface area (Å²) in [6.07, 6.45) is 0.580. The van der Waals surface area contributed by atoms with Gasteiger partial charge in [0.25, 0.3) is 0 Å². The predicted octanol–water partition coefficient (Wildman–Crippen LogP) is 2.85. The van der Waals surface area contributed by atoms with Gasteiger partial charge >= 0.3 is 5.97 Å². The van der Waals surface area contributed by atoms with Crippen LogP contribution in [0.5, 0.6) is 0 Å². The van der Waals surface area contributed by atoms with E-state index in [2.05, 4.69) is 35.6 Å². The molecule has 0 saturated heterocycles. The number of benzene rings is 2. The molecule has 0 aromatic heterocycles. The van der Waals surface area contributed by atoms with Gasteiger partial charge in [-0.05, 0) is 22.8 Å². The van der Waals surface area contributed by atoms with Crippen LogP contribution in [-0.2, 0) is 16.0 Å². The van der Waals surface area contributed by atoms with Crippen LogP contribution in [0.2, 0.25) is 0 Å². The van der Waals surface area contributed by atoms with E-state index in [1.54, 1.807) is 0 Å². The Bertz CT molecular complexity index is 531. The van der Waals surface area contributed by atoms with Crippen LogP contribution in [-0.4, -0.2) is 18.3 Å². The topological polar surface area (TPSA) is 26.3 Å². The lowest BCUT2D eigenvalue weighted by Gasteiger charge is -2.10. The minimum atomic E-state index is -0.411. The maximum absolute atomic E-state index is 11.4. The molecule has 0 bridgehead atoms. The molecule has 0 fully saturated rings. The van der Waals surface area contributed by atoms with Crippen LogP contribution in [0.25, 0.3) is 10.8 Å². The third-order valence-corrected chi connectivity index (χ3v) is 3.16. The van der Waals surface area contributed by atoms with Gasteiger partial charge < -0.3 is 4.74 Å². The fraction of sp³-hybridized carbons (Fsp3) is 0.214. The van der Waals surface area contributed by atoms with E-state index in [-0.39, 0.29) is 5.97 Å². The van der Waals surface area contributed by atoms with Crippen molar-refractivity contribution in [2.45, 2.75) is 11.7 Å². The Morgan fingerprint density at radius 2 is 1.94 bits per heavy atom. The van der Waals surface area contributed by atoms with Gasteiger partial charge in [0.1, 0.15) is 5.25 Å². The van der Waals surface area contributed by atoms with E-state index in [0.717, 1.165) is 10.9 Å². The summed E-state index contributed by atoms with van der Waals surface area (Å²) in [7, 11) is 1.38. The molecule has 1 atom stereocenters. The van der Waals surface area contributed by atoms with Gasteiger partial charge in [-0.3, -0.25) is 4.79 Å². The molecule has 1 unspecified atom stereocenters. The summed E-state index contributed by atoms with van der Waals surface area (Å²) in [4.78, 5) is 11.4. The first-order chi connectivity index (χ1) is 8.22. The normalized spacial score (nSPS) is 12.4. The van der Waals surface area contributed by atoms with Crippen molar-refractivity contribution in [2.75, 3.05) is 7.11 Å². The predicted molar refractivity (Wildman–Crippen MR) is 72.4 cm³/mol. The molecular weight excluding hydrogens is 232 g/mol. The van der Waals surface area contributed by atoms with E-state index in [1.807, 2.05) is 24.3 Å². The van der Waals surface area contributed by atoms with Crippen molar-refractivity contribution >= 4 is 29.4 Å². The van der Waals surface area contributed by atoms with Gasteiger partial charge in [-0.15, -0.1) is 0 Å². The van der Waals surface area contributed by atoms with Crippen LogP contribution in [0.1, 0.15) is 5.56 Å². The molecule has 0 aliphatic heterocycles. The fourth-order valence-electron chi connectivity index (χ4n) is 1.90. The lowest BCUT2D eigenvalue weighted by Crippen LogP contribution is -2.18. The maximum Gasteiger partial charge on any atom is 0.318 e. The molecule has 2 rings (SSSR count). The zero-order chi connectivity index (χ0) is 12.3. The first-order valence-corrected chi connectivity index (χ1v) is 5.96. The highest BCUT2D eigenvalue weighted by Gasteiger charge is 2.15. The van der Waals surface area contributed by atoms with Gasteiger partial charge in [0, 0.05) is 0 Å². The van der Waals surface area contributed by atoms with E-state index < -0.39 is 5.25 Å². The van der Waals surface area contributed by atoms with E-state index in [9.17, 15) is 4.79 Å². The monoisotopic (exact) mass is 246 g/mol. The number of fused-ring (bicyclic) bond motifs is 1. The fourth-order valence-corrected chi connectivity index (χ4v) is 2.20. The largest absolute Gasteiger partial charge is 0.468 e. The first-order valence-electron chi connectivity index (χ1n) is 5.45. The van der Waals surface area contributed by atoms with E-state index in [1.165, 1.54) is 12.5 Å². The molecule has 2 nitrogen and oxygen atoms in total. The van der Waals surface area contributed by atoms with Crippen molar-refractivity contribution < 1.29 is 9.53 Å². The Morgan fingerprint density at radius 3 is 2.71 bits per heavy atom. The van der Waals surface area contributed by atoms with Crippen molar-refractivity contribution in [3.8, 4) is 0 Å². The van der Waals surface area contributed by atoms with E-state index in [0.29, 0.717) is 6.42 Å². The minimum absolute atomic E-state index is 0.290. The van der Waals surface area contributed by atoms with Gasteiger partial charge in [0.2, 0.25) is 0 Å². The first kappa shape index (κ1) is 12.0. The van der Waals surface area contributed by atoms with E-state index >= 15 is 0 Å². The van der Waals surface area contributed by atoms with Crippen molar-refractivity contribution in [3.63, 3.8) is 0 Å². The molecule has 2 aromatic rings. The molecule has 0 aliphatic carbocycles. The lowest BCUT2D eigenvalue weighted by molar-refractivity contribution is -0.139. The molecule has 3 heteroatoms. The Hall–Kier alpha value is -1.48. The van der Waals surface area contributed by atoms with E-state index in [4.69, 9.17) is 0 Å². The minimum Gasteiger partial charge on any atom is -0.468 e. The number of methoxy groups -OCH3 is 1. The summed E-state index contributed by atoms with van der Waals surface area (Å²) in [6, 6.07) is 14.2. The average Bonchev–Trinajstić information content (AvgIpc) is 2.38. The van der Waals surface area contributed by atoms with Gasteiger partial charge in [0.05, 0.1) is 7.11 Å². The van der Waals surface area contributed by atoms with Gasteiger partial charge in [-0.1, -0.05) is 42.5 Å². The highest BCUT2D eigenvalue weighted by Crippen LogP contribution is 2.21. The van der Waals surface area contributed by atoms with Crippen LogP contribution in [0, 0.1) is 0 Å². The number of thiol groups is 1. The zero-order valence-electron chi connectivity index (χ0n) is 9.59. The molecule has 17 heavy (non-hydrogen) atoms. The number of esters is 1. The van der Waals surface area contributed by atoms with Gasteiger partial charge in [-0.2, -0.15) is 12.6 Å². The summed E-state index contributed by atoms with van der Waals surface area (Å²) in [5.41, 5.74) is 1.12. The quantitative estimate of drug-likeness (QED) is 0.666. The molecule has 0 radical (unpaired) electrons. The molecule has 0 amide bonds. The van der Waals surface area contributed by atoms with Crippen LogP contribution >= 0.6 is 12.6 Å². The SMILES string of the molecule is COC(=O)C(S)Cc1cccc2ccccc12. The summed E-state index contributed by atoms with van der Waals surface area (Å²) < 4.78 is 4.68. The van der Waals surface area contributed by atoms with Crippen molar-refractivity contribution in [1.82, 2.24) is 0 Å². The van der Waals surface area contributed by atoms with Crippen molar-refractivity contribution in [3.05, 3.63) is 48.0 Å². The van der Waals surface area contributed by atoms with Crippen molar-refractivity contribution in [2.24, 2.45) is 0 Å². The third kappa shape index (κ3) is 2.61. The average molecular weight is 246 g/mol. The summed E-state index contributed by atoms with van der Waals surface area (Å²) >= 11 is 4.27. The molecule has 0 spiro atoms. The molecule has 0 N–H and O–H groups in total. The molecular formula is C14H14O2S. The number of carbonyl (C=O) groups is 1. The summed E-state index contributed by atoms with van der Waals surface area (Å²) in [5.74, 6) is -0.290. The number of ether oxygens (including phenoxy) is 1. The highest BCUT2D eigenvalue weighted by molar-refractivity contribution is 7.81. The standard InChI is InChI=1S/C14H14O2S/c1-16-14(15)13(17)9-11-7-4-6-10-5-2-3-8-12(10)11/h2-8,13,17H,9H2,1H3. The molecule has 88 valence electrons. The second kappa shape index (κ2) is 5.23. The highest BCUT2D eigenvalue weighted by atomic mass is 32.1. The zero-order valence-corrected chi connectivity index (χ0v) is 10.5. The molecule has 0 saturated carbocycles. The molecule has 2 aromatic carbocycles. The third-order valence-electron chi connectivity index (χ3n) is 2.77. The number of rotatable bonds is 3. The maximum atomic E-state index is 11.4. The molecule has 0 aliphatic rings. The Balaban J connectivity index is 2.33. The Labute approximate surface area is 106 Å². The number of hydrogen-bond donors (Lipinski definition) is 1. The van der Waals surface area contributed by atoms with Gasteiger partial charge in [0.15, 0.2) is 0 Å². The number of carbonyl (C=O) groups excluding carboxylic acids is 1. The second-order valence-corrected chi connectivity index (χ2v) is 4.50. The number of hydrogen-bond acceptors (Lipinski definition) is 3. The van der Waals surface area contributed by atoms with Gasteiger partial charge in [-0.25, -0.2) is 0 Å². The second-order valence-electron chi connectivity index (χ2n) is 3.88. The smallest absolute Gasteiger partial charge is 0.318 e. The van der Waals surface area contributed by atoms with Crippen molar-refractivity contribution in [1.29, 1.82) is 0 Å². The molecule has 0 heterocycles. The van der Waals surface area contributed by atoms with Crippen LogP contribution in [0.3, 0.4) is 0 Å². The summed E-state index contributed by atoms with van der Waals surface area (Å²) in [5, 5.41) is 1.93. The van der Waals surface area contributed by atoms with Crippen LogP contribution in [0.4, 0.5) is 0 Å².